The first-order chi connectivity index (χ1) is 9.34. The van der Waals surface area contributed by atoms with Crippen LogP contribution >= 0.6 is 0 Å². The lowest BCUT2D eigenvalue weighted by Gasteiger charge is -2.36. The van der Waals surface area contributed by atoms with E-state index in [-0.39, 0.29) is 18.0 Å². The summed E-state index contributed by atoms with van der Waals surface area (Å²) in [5.74, 6) is -0.229. The van der Waals surface area contributed by atoms with Crippen LogP contribution in [0, 0.1) is 5.82 Å². The predicted molar refractivity (Wildman–Crippen MR) is 67.8 cm³/mol. The molecule has 3 heterocycles. The van der Waals surface area contributed by atoms with Crippen LogP contribution in [0.15, 0.2) is 30.0 Å². The molecule has 0 aromatic heterocycles. The predicted octanol–water partition coefficient (Wildman–Crippen LogP) is 0.190. The summed E-state index contributed by atoms with van der Waals surface area (Å²) < 4.78 is 19.7. The fourth-order valence-corrected chi connectivity index (χ4v) is 2.94. The second-order valence-electron chi connectivity index (χ2n) is 4.98. The maximum Gasteiger partial charge on any atom is 0.132 e. The van der Waals surface area contributed by atoms with E-state index in [4.69, 9.17) is 4.74 Å². The Morgan fingerprint density at radius 2 is 2.16 bits per heavy atom. The molecule has 0 spiro atoms. The third-order valence-electron chi connectivity index (χ3n) is 3.92. The number of ether oxygens (including phenoxy) is 1. The average molecular weight is 262 g/mol. The summed E-state index contributed by atoms with van der Waals surface area (Å²) in [6.07, 6.45) is 0.193. The molecule has 5 nitrogen and oxygen atoms in total. The van der Waals surface area contributed by atoms with Gasteiger partial charge in [0.2, 0.25) is 0 Å². The third kappa shape index (κ3) is 1.64. The number of benzene rings is 1. The molecule has 1 aromatic rings. The molecule has 19 heavy (non-hydrogen) atoms. The number of rotatable bonds is 1. The van der Waals surface area contributed by atoms with E-state index in [2.05, 4.69) is 21.3 Å². The topological polar surface area (TPSA) is 48.6 Å². The highest BCUT2D eigenvalue weighted by molar-refractivity contribution is 5.68. The third-order valence-corrected chi connectivity index (χ3v) is 3.92. The molecular formula is C13H15FN4O. The zero-order chi connectivity index (χ0) is 12.8. The number of morpholine rings is 1. The van der Waals surface area contributed by atoms with Crippen LogP contribution in [0.5, 0.6) is 0 Å². The minimum atomic E-state index is -0.229. The van der Waals surface area contributed by atoms with Gasteiger partial charge in [0, 0.05) is 18.7 Å². The molecule has 0 unspecified atom stereocenters. The fraction of sp³-hybridized carbons (Fsp3) is 0.385. The molecule has 0 saturated carbocycles. The van der Waals surface area contributed by atoms with Gasteiger partial charge in [0.25, 0.3) is 0 Å². The number of halogens is 1. The number of fused-ring (bicyclic) bond motifs is 3. The molecule has 6 heteroatoms. The highest BCUT2D eigenvalue weighted by Crippen LogP contribution is 2.31. The number of hydrazine groups is 2. The molecule has 2 saturated heterocycles. The Balaban J connectivity index is 1.74. The zero-order valence-corrected chi connectivity index (χ0v) is 10.3. The van der Waals surface area contributed by atoms with Gasteiger partial charge in [-0.3, -0.25) is 5.01 Å². The summed E-state index contributed by atoms with van der Waals surface area (Å²) in [5, 5.41) is 5.38. The average Bonchev–Trinajstić information content (AvgIpc) is 3.04. The lowest BCUT2D eigenvalue weighted by atomic mass is 10.1. The molecule has 2 fully saturated rings. The summed E-state index contributed by atoms with van der Waals surface area (Å²) >= 11 is 0. The maximum atomic E-state index is 13.9. The second-order valence-corrected chi connectivity index (χ2v) is 4.98. The van der Waals surface area contributed by atoms with Crippen molar-refractivity contribution in [1.82, 2.24) is 21.3 Å². The van der Waals surface area contributed by atoms with Crippen molar-refractivity contribution in [2.45, 2.75) is 12.1 Å². The van der Waals surface area contributed by atoms with Gasteiger partial charge >= 0.3 is 0 Å². The van der Waals surface area contributed by atoms with Gasteiger partial charge in [-0.1, -0.05) is 12.1 Å². The molecule has 3 aliphatic heterocycles. The number of hydrogen-bond acceptors (Lipinski definition) is 5. The van der Waals surface area contributed by atoms with Crippen molar-refractivity contribution in [2.75, 3.05) is 19.7 Å². The summed E-state index contributed by atoms with van der Waals surface area (Å²) in [6, 6.07) is 7.02. The smallest absolute Gasteiger partial charge is 0.132 e. The first-order valence-electron chi connectivity index (χ1n) is 6.46. The maximum absolute atomic E-state index is 13.9. The molecule has 2 atom stereocenters. The van der Waals surface area contributed by atoms with Crippen molar-refractivity contribution in [3.05, 3.63) is 41.3 Å². The Morgan fingerprint density at radius 3 is 3.05 bits per heavy atom. The fourth-order valence-electron chi connectivity index (χ4n) is 2.94. The Hall–Kier alpha value is -1.63. The van der Waals surface area contributed by atoms with Crippen molar-refractivity contribution < 1.29 is 9.13 Å². The standard InChI is InChI=1S/C13H15FN4O/c14-9-4-2-1-3-8(9)13-11-7-19-12-6-15-5-10(12)18(11)17-16-13/h1-4,10,12,15-17H,5-7H2/t10-,12-/m1/s1. The number of hydrogen-bond donors (Lipinski definition) is 3. The van der Waals surface area contributed by atoms with Crippen LogP contribution in [0.2, 0.25) is 0 Å². The van der Waals surface area contributed by atoms with Crippen molar-refractivity contribution in [3.8, 4) is 0 Å². The van der Waals surface area contributed by atoms with Crippen LogP contribution in [-0.4, -0.2) is 36.9 Å². The van der Waals surface area contributed by atoms with Gasteiger partial charge in [0.1, 0.15) is 5.82 Å². The molecular weight excluding hydrogens is 247 g/mol. The summed E-state index contributed by atoms with van der Waals surface area (Å²) in [6.45, 7) is 2.23. The molecule has 0 amide bonds. The van der Waals surface area contributed by atoms with E-state index in [0.717, 1.165) is 24.5 Å². The first-order valence-corrected chi connectivity index (χ1v) is 6.46. The van der Waals surface area contributed by atoms with Crippen LogP contribution in [0.1, 0.15) is 5.56 Å². The monoisotopic (exact) mass is 262 g/mol. The summed E-state index contributed by atoms with van der Waals surface area (Å²) in [7, 11) is 0. The van der Waals surface area contributed by atoms with E-state index in [1.165, 1.54) is 6.07 Å². The van der Waals surface area contributed by atoms with E-state index in [0.29, 0.717) is 12.2 Å². The van der Waals surface area contributed by atoms with E-state index < -0.39 is 0 Å². The van der Waals surface area contributed by atoms with Gasteiger partial charge in [0.05, 0.1) is 30.1 Å². The van der Waals surface area contributed by atoms with E-state index in [1.54, 1.807) is 12.1 Å². The molecule has 0 radical (unpaired) electrons. The lowest BCUT2D eigenvalue weighted by molar-refractivity contribution is -0.0317. The largest absolute Gasteiger partial charge is 0.368 e. The Kier molecular flexibility index (Phi) is 2.48. The molecule has 0 aliphatic carbocycles. The van der Waals surface area contributed by atoms with Gasteiger partial charge in [-0.25, -0.2) is 4.39 Å². The van der Waals surface area contributed by atoms with Crippen LogP contribution in [0.25, 0.3) is 5.70 Å². The van der Waals surface area contributed by atoms with Crippen molar-refractivity contribution in [1.29, 1.82) is 0 Å². The zero-order valence-electron chi connectivity index (χ0n) is 10.3. The quantitative estimate of drug-likeness (QED) is 0.674. The molecule has 3 aliphatic rings. The second kappa shape index (κ2) is 4.19. The SMILES string of the molecule is Fc1ccccc1C1=C2CO[C@@H]3CNC[C@H]3N2NN1. The Bertz CT molecular complexity index is 547. The van der Waals surface area contributed by atoms with Crippen LogP contribution in [-0.2, 0) is 4.74 Å². The molecule has 0 bridgehead atoms. The Labute approximate surface area is 110 Å². The molecule has 100 valence electrons. The van der Waals surface area contributed by atoms with E-state index in [9.17, 15) is 4.39 Å². The van der Waals surface area contributed by atoms with Gasteiger partial charge in [-0.15, -0.1) is 5.53 Å². The van der Waals surface area contributed by atoms with Gasteiger partial charge < -0.3 is 15.5 Å². The molecule has 4 rings (SSSR count). The van der Waals surface area contributed by atoms with E-state index in [1.807, 2.05) is 6.07 Å². The highest BCUT2D eigenvalue weighted by Gasteiger charge is 2.42. The van der Waals surface area contributed by atoms with Crippen molar-refractivity contribution in [3.63, 3.8) is 0 Å². The first kappa shape index (κ1) is 11.2. The van der Waals surface area contributed by atoms with Gasteiger partial charge in [0.15, 0.2) is 0 Å². The van der Waals surface area contributed by atoms with Crippen LogP contribution in [0.3, 0.4) is 0 Å². The van der Waals surface area contributed by atoms with Crippen LogP contribution in [0.4, 0.5) is 4.39 Å². The molecule has 3 N–H and O–H groups in total. The van der Waals surface area contributed by atoms with Crippen LogP contribution < -0.4 is 16.3 Å². The number of nitrogens with zero attached hydrogens (tertiary/aromatic N) is 1. The summed E-state index contributed by atoms with van der Waals surface area (Å²) in [4.78, 5) is 0. The van der Waals surface area contributed by atoms with Crippen molar-refractivity contribution >= 4 is 5.70 Å². The molecule has 1 aromatic carbocycles. The lowest BCUT2D eigenvalue weighted by Crippen LogP contribution is -2.54. The highest BCUT2D eigenvalue weighted by atomic mass is 19.1. The summed E-state index contributed by atoms with van der Waals surface area (Å²) in [5.41, 5.74) is 8.51. The minimum absolute atomic E-state index is 0.193. The van der Waals surface area contributed by atoms with Gasteiger partial charge in [-0.05, 0) is 12.1 Å². The van der Waals surface area contributed by atoms with Gasteiger partial charge in [-0.2, -0.15) is 0 Å². The van der Waals surface area contributed by atoms with E-state index >= 15 is 0 Å². The number of nitrogens with one attached hydrogen (secondary N) is 3. The Morgan fingerprint density at radius 1 is 1.26 bits per heavy atom. The van der Waals surface area contributed by atoms with Crippen molar-refractivity contribution in [2.24, 2.45) is 0 Å². The normalized spacial score (nSPS) is 29.2. The minimum Gasteiger partial charge on any atom is -0.368 e.